The van der Waals surface area contributed by atoms with Crippen molar-refractivity contribution in [2.45, 2.75) is 19.4 Å². The van der Waals surface area contributed by atoms with Crippen molar-refractivity contribution < 1.29 is 13.2 Å². The van der Waals surface area contributed by atoms with Gasteiger partial charge in [0.1, 0.15) is 0 Å². The van der Waals surface area contributed by atoms with Crippen molar-refractivity contribution in [1.82, 2.24) is 24.3 Å². The Balaban J connectivity index is 1.64. The highest BCUT2D eigenvalue weighted by molar-refractivity contribution is 7.89. The van der Waals surface area contributed by atoms with Crippen LogP contribution in [0.2, 0.25) is 0 Å². The minimum atomic E-state index is -3.56. The fourth-order valence-corrected chi connectivity index (χ4v) is 3.21. The normalized spacial score (nSPS) is 11.3. The molecule has 3 rings (SSSR count). The molecule has 0 saturated carbocycles. The van der Waals surface area contributed by atoms with Crippen LogP contribution in [0.15, 0.2) is 59.8 Å². The van der Waals surface area contributed by atoms with E-state index in [0.717, 1.165) is 23.1 Å². The van der Waals surface area contributed by atoms with Crippen LogP contribution in [0.5, 0.6) is 0 Å². The molecule has 0 fully saturated rings. The monoisotopic (exact) mass is 401 g/mol. The molecule has 0 saturated heterocycles. The molecule has 1 amide bonds. The summed E-state index contributed by atoms with van der Waals surface area (Å²) in [5.41, 5.74) is 2.34. The smallest absolute Gasteiger partial charge is 0.251 e. The molecule has 2 aromatic heterocycles. The summed E-state index contributed by atoms with van der Waals surface area (Å²) in [5.74, 6) is -0.584. The molecule has 0 spiro atoms. The number of carbonyl (C=O) groups excluding carboxylic acids is 1. The zero-order valence-corrected chi connectivity index (χ0v) is 16.0. The van der Waals surface area contributed by atoms with Crippen LogP contribution < -0.4 is 10.3 Å². The Morgan fingerprint density at radius 2 is 1.86 bits per heavy atom. The maximum absolute atomic E-state index is 12.3. The number of rotatable bonds is 7. The first-order valence-electron chi connectivity index (χ1n) is 8.50. The summed E-state index contributed by atoms with van der Waals surface area (Å²) < 4.78 is 27.0. The molecular formula is C18H19N5O4S. The third-order valence-electron chi connectivity index (χ3n) is 3.99. The Hall–Kier alpha value is -3.27. The Labute approximate surface area is 161 Å². The minimum Gasteiger partial charge on any atom is -0.315 e. The van der Waals surface area contributed by atoms with Gasteiger partial charge in [0.25, 0.3) is 5.56 Å². The number of carbonyl (C=O) groups is 1. The molecule has 9 nitrogen and oxygen atoms in total. The van der Waals surface area contributed by atoms with Gasteiger partial charge in [0.15, 0.2) is 0 Å². The zero-order valence-electron chi connectivity index (χ0n) is 15.1. The maximum atomic E-state index is 12.3. The molecular weight excluding hydrogens is 382 g/mol. The number of aryl methyl sites for hydroxylation is 1. The van der Waals surface area contributed by atoms with Crippen LogP contribution in [0.1, 0.15) is 12.8 Å². The zero-order chi connectivity index (χ0) is 20.1. The van der Waals surface area contributed by atoms with Gasteiger partial charge in [-0.05, 0) is 35.7 Å². The standard InChI is InChI=1S/C18H19N5O4S/c1-28(26,27)20-17(24)3-2-10-22-11-8-15(13-18(22)25)14-4-6-16(7-5-14)23-12-9-19-21-23/h4-9,11-13H,2-3,10H2,1H3,(H,20,24). The fourth-order valence-electron chi connectivity index (χ4n) is 2.69. The highest BCUT2D eigenvalue weighted by atomic mass is 32.2. The third-order valence-corrected chi connectivity index (χ3v) is 4.58. The van der Waals surface area contributed by atoms with E-state index in [1.165, 1.54) is 10.6 Å². The van der Waals surface area contributed by atoms with Gasteiger partial charge in [-0.2, -0.15) is 0 Å². The molecule has 2 heterocycles. The molecule has 0 aliphatic carbocycles. The van der Waals surface area contributed by atoms with Gasteiger partial charge in [-0.1, -0.05) is 17.3 Å². The second-order valence-electron chi connectivity index (χ2n) is 6.24. The topological polar surface area (TPSA) is 116 Å². The van der Waals surface area contributed by atoms with Crippen LogP contribution in [-0.2, 0) is 21.4 Å². The van der Waals surface area contributed by atoms with Gasteiger partial charge in [-0.15, -0.1) is 5.10 Å². The molecule has 28 heavy (non-hydrogen) atoms. The Bertz CT molecular complexity index is 1120. The van der Waals surface area contributed by atoms with E-state index in [0.29, 0.717) is 13.0 Å². The quantitative estimate of drug-likeness (QED) is 0.630. The van der Waals surface area contributed by atoms with Crippen molar-refractivity contribution in [3.05, 3.63) is 65.3 Å². The van der Waals surface area contributed by atoms with Gasteiger partial charge in [-0.3, -0.25) is 14.3 Å². The number of nitrogens with zero attached hydrogens (tertiary/aromatic N) is 4. The van der Waals surface area contributed by atoms with Crippen LogP contribution in [0.25, 0.3) is 16.8 Å². The molecule has 0 aliphatic rings. The van der Waals surface area contributed by atoms with E-state index in [2.05, 4.69) is 10.3 Å². The first-order valence-corrected chi connectivity index (χ1v) is 10.4. The van der Waals surface area contributed by atoms with E-state index in [9.17, 15) is 18.0 Å². The number of sulfonamides is 1. The van der Waals surface area contributed by atoms with Crippen molar-refractivity contribution in [2.75, 3.05) is 6.26 Å². The predicted octanol–water partition coefficient (Wildman–Crippen LogP) is 0.952. The van der Waals surface area contributed by atoms with Gasteiger partial charge in [-0.25, -0.2) is 13.1 Å². The average Bonchev–Trinajstić information content (AvgIpc) is 3.16. The number of benzene rings is 1. The lowest BCUT2D eigenvalue weighted by Gasteiger charge is -2.08. The van der Waals surface area contributed by atoms with Crippen molar-refractivity contribution >= 4 is 15.9 Å². The number of aromatic nitrogens is 4. The second-order valence-corrected chi connectivity index (χ2v) is 7.99. The van der Waals surface area contributed by atoms with Gasteiger partial charge in [0.05, 0.1) is 24.3 Å². The molecule has 0 atom stereocenters. The average molecular weight is 401 g/mol. The van der Waals surface area contributed by atoms with E-state index < -0.39 is 15.9 Å². The predicted molar refractivity (Wildman–Crippen MR) is 103 cm³/mol. The van der Waals surface area contributed by atoms with E-state index in [-0.39, 0.29) is 12.0 Å². The van der Waals surface area contributed by atoms with Crippen LogP contribution in [0.3, 0.4) is 0 Å². The summed E-state index contributed by atoms with van der Waals surface area (Å²) in [7, 11) is -3.56. The lowest BCUT2D eigenvalue weighted by molar-refractivity contribution is -0.119. The molecule has 1 N–H and O–H groups in total. The van der Waals surface area contributed by atoms with Gasteiger partial charge in [0.2, 0.25) is 15.9 Å². The number of hydrogen-bond donors (Lipinski definition) is 1. The highest BCUT2D eigenvalue weighted by Crippen LogP contribution is 2.19. The van der Waals surface area contributed by atoms with Gasteiger partial charge >= 0.3 is 0 Å². The SMILES string of the molecule is CS(=O)(=O)NC(=O)CCCn1ccc(-c2ccc(-n3ccnn3)cc2)cc1=O. The van der Waals surface area contributed by atoms with Crippen LogP contribution in [0.4, 0.5) is 0 Å². The molecule has 0 radical (unpaired) electrons. The van der Waals surface area contributed by atoms with Crippen molar-refractivity contribution in [1.29, 1.82) is 0 Å². The fraction of sp³-hybridized carbons (Fsp3) is 0.222. The largest absolute Gasteiger partial charge is 0.315 e. The summed E-state index contributed by atoms with van der Waals surface area (Å²) in [4.78, 5) is 23.8. The molecule has 0 bridgehead atoms. The summed E-state index contributed by atoms with van der Waals surface area (Å²) in [6.45, 7) is 0.321. The minimum absolute atomic E-state index is 0.0189. The number of nitrogens with one attached hydrogen (secondary N) is 1. The molecule has 3 aromatic rings. The van der Waals surface area contributed by atoms with E-state index >= 15 is 0 Å². The number of pyridine rings is 1. The van der Waals surface area contributed by atoms with Gasteiger partial charge in [0, 0.05) is 25.2 Å². The molecule has 1 aromatic carbocycles. The third kappa shape index (κ3) is 5.13. The maximum Gasteiger partial charge on any atom is 0.251 e. The molecule has 146 valence electrons. The summed E-state index contributed by atoms with van der Waals surface area (Å²) in [6, 6.07) is 10.9. The summed E-state index contributed by atoms with van der Waals surface area (Å²) in [6.07, 6.45) is 6.30. The van der Waals surface area contributed by atoms with Gasteiger partial charge < -0.3 is 4.57 Å². The molecule has 0 unspecified atom stereocenters. The summed E-state index contributed by atoms with van der Waals surface area (Å²) >= 11 is 0. The van der Waals surface area contributed by atoms with Crippen LogP contribution >= 0.6 is 0 Å². The van der Waals surface area contributed by atoms with E-state index in [4.69, 9.17) is 0 Å². The lowest BCUT2D eigenvalue weighted by Crippen LogP contribution is -2.29. The Morgan fingerprint density at radius 3 is 2.46 bits per heavy atom. The second kappa shape index (κ2) is 8.17. The van der Waals surface area contributed by atoms with Crippen molar-refractivity contribution in [3.63, 3.8) is 0 Å². The molecule has 0 aliphatic heterocycles. The first-order chi connectivity index (χ1) is 13.3. The van der Waals surface area contributed by atoms with Crippen LogP contribution in [0, 0.1) is 0 Å². The van der Waals surface area contributed by atoms with E-state index in [1.807, 2.05) is 35.1 Å². The van der Waals surface area contributed by atoms with Crippen LogP contribution in [-0.4, -0.2) is 40.1 Å². The number of amides is 1. The molecule has 10 heteroatoms. The lowest BCUT2D eigenvalue weighted by atomic mass is 10.1. The highest BCUT2D eigenvalue weighted by Gasteiger charge is 2.08. The number of hydrogen-bond acceptors (Lipinski definition) is 6. The Kier molecular flexibility index (Phi) is 5.69. The summed E-state index contributed by atoms with van der Waals surface area (Å²) in [5, 5.41) is 7.69. The van der Waals surface area contributed by atoms with Crippen molar-refractivity contribution in [2.24, 2.45) is 0 Å². The van der Waals surface area contributed by atoms with Crippen molar-refractivity contribution in [3.8, 4) is 16.8 Å². The van der Waals surface area contributed by atoms with E-state index in [1.54, 1.807) is 23.3 Å². The first kappa shape index (κ1) is 19.5. The Morgan fingerprint density at radius 1 is 1.11 bits per heavy atom.